The number of benzene rings is 2. The monoisotopic (exact) mass is 367 g/mol. The molecule has 2 aromatic carbocycles. The number of para-hydroxylation sites is 1. The zero-order chi connectivity index (χ0) is 18.4. The summed E-state index contributed by atoms with van der Waals surface area (Å²) in [4.78, 5) is 15.6. The summed E-state index contributed by atoms with van der Waals surface area (Å²) >= 11 is 1.64. The first-order chi connectivity index (χ1) is 12.7. The maximum absolute atomic E-state index is 10.9. The molecule has 5 heteroatoms. The Morgan fingerprint density at radius 3 is 2.62 bits per heavy atom. The Bertz CT molecular complexity index is 879. The third-order valence-electron chi connectivity index (χ3n) is 3.94. The normalized spacial score (nSPS) is 11.7. The van der Waals surface area contributed by atoms with Crippen molar-refractivity contribution in [2.24, 2.45) is 0 Å². The van der Waals surface area contributed by atoms with Crippen LogP contribution >= 0.6 is 11.3 Å². The Balaban J connectivity index is 1.89. The molecule has 0 amide bonds. The van der Waals surface area contributed by atoms with Crippen LogP contribution in [0.25, 0.3) is 21.9 Å². The van der Waals surface area contributed by atoms with Crippen molar-refractivity contribution in [3.05, 3.63) is 59.1 Å². The van der Waals surface area contributed by atoms with E-state index in [1.54, 1.807) is 11.3 Å². The van der Waals surface area contributed by atoms with Gasteiger partial charge in [0.05, 0.1) is 16.8 Å². The molecule has 0 aliphatic rings. The van der Waals surface area contributed by atoms with Crippen LogP contribution in [0.4, 0.5) is 0 Å². The van der Waals surface area contributed by atoms with E-state index in [0.29, 0.717) is 19.4 Å². The first-order valence-corrected chi connectivity index (χ1v) is 9.48. The minimum atomic E-state index is -0.769. The average Bonchev–Trinajstić information content (AvgIpc) is 3.06. The van der Waals surface area contributed by atoms with Crippen LogP contribution in [-0.4, -0.2) is 22.7 Å². The summed E-state index contributed by atoms with van der Waals surface area (Å²) in [6, 6.07) is 16.0. The molecule has 0 saturated carbocycles. The van der Waals surface area contributed by atoms with E-state index >= 15 is 0 Å². The highest BCUT2D eigenvalue weighted by Gasteiger charge is 2.10. The van der Waals surface area contributed by atoms with E-state index in [9.17, 15) is 4.79 Å². The lowest BCUT2D eigenvalue weighted by molar-refractivity contribution is -0.137. The molecule has 1 aromatic heterocycles. The van der Waals surface area contributed by atoms with Crippen molar-refractivity contribution in [1.29, 1.82) is 0 Å². The number of aromatic nitrogens is 1. The van der Waals surface area contributed by atoms with Crippen LogP contribution in [-0.2, 0) is 4.79 Å². The lowest BCUT2D eigenvalue weighted by Crippen LogP contribution is -1.95. The standard InChI is InChI=1S/C21H21NO3S/c1-2-25-17-12-10-15(11-13-17)14-16(6-5-9-20(23)24)21-22-18-7-3-4-8-19(18)26-21/h3-4,7-8,10-14H,2,5-6,9H2,1H3,(H,23,24)/b16-14+. The molecular weight excluding hydrogens is 346 g/mol. The van der Waals surface area contributed by atoms with Crippen molar-refractivity contribution in [3.8, 4) is 5.75 Å². The predicted octanol–water partition coefficient (Wildman–Crippen LogP) is 5.49. The molecule has 4 nitrogen and oxygen atoms in total. The molecule has 0 atom stereocenters. The number of hydrogen-bond acceptors (Lipinski definition) is 4. The lowest BCUT2D eigenvalue weighted by Gasteiger charge is -2.06. The van der Waals surface area contributed by atoms with Gasteiger partial charge in [0.2, 0.25) is 0 Å². The first-order valence-electron chi connectivity index (χ1n) is 8.67. The quantitative estimate of drug-likeness (QED) is 0.572. The highest BCUT2D eigenvalue weighted by Crippen LogP contribution is 2.31. The number of allylic oxidation sites excluding steroid dienone is 1. The largest absolute Gasteiger partial charge is 0.494 e. The van der Waals surface area contributed by atoms with Crippen molar-refractivity contribution < 1.29 is 14.6 Å². The van der Waals surface area contributed by atoms with E-state index in [-0.39, 0.29) is 6.42 Å². The average molecular weight is 367 g/mol. The molecule has 0 spiro atoms. The fraction of sp³-hybridized carbons (Fsp3) is 0.238. The molecule has 0 saturated heterocycles. The smallest absolute Gasteiger partial charge is 0.303 e. The Morgan fingerprint density at radius 1 is 1.15 bits per heavy atom. The summed E-state index contributed by atoms with van der Waals surface area (Å²) < 4.78 is 6.62. The fourth-order valence-corrected chi connectivity index (χ4v) is 3.72. The van der Waals surface area contributed by atoms with E-state index in [1.165, 1.54) is 0 Å². The SMILES string of the molecule is CCOc1ccc(/C=C(\CCCC(=O)O)c2nc3ccccc3s2)cc1. The van der Waals surface area contributed by atoms with E-state index < -0.39 is 5.97 Å². The zero-order valence-corrected chi connectivity index (χ0v) is 15.5. The Kier molecular flexibility index (Phi) is 6.02. The predicted molar refractivity (Wildman–Crippen MR) is 107 cm³/mol. The van der Waals surface area contributed by atoms with Gasteiger partial charge >= 0.3 is 5.97 Å². The van der Waals surface area contributed by atoms with Crippen LogP contribution in [0.5, 0.6) is 5.75 Å². The molecule has 3 aromatic rings. The number of aliphatic carboxylic acids is 1. The summed E-state index contributed by atoms with van der Waals surface area (Å²) in [7, 11) is 0. The minimum absolute atomic E-state index is 0.158. The number of carboxylic acid groups (broad SMARTS) is 1. The second-order valence-electron chi connectivity index (χ2n) is 5.91. The number of fused-ring (bicyclic) bond motifs is 1. The molecule has 1 heterocycles. The third kappa shape index (κ3) is 4.70. The van der Waals surface area contributed by atoms with Crippen LogP contribution in [0.3, 0.4) is 0 Å². The summed E-state index contributed by atoms with van der Waals surface area (Å²) in [5.41, 5.74) is 3.10. The summed E-state index contributed by atoms with van der Waals surface area (Å²) in [5, 5.41) is 9.89. The maximum Gasteiger partial charge on any atom is 0.303 e. The highest BCUT2D eigenvalue weighted by molar-refractivity contribution is 7.19. The molecule has 3 rings (SSSR count). The second-order valence-corrected chi connectivity index (χ2v) is 6.94. The highest BCUT2D eigenvalue weighted by atomic mass is 32.1. The molecule has 0 aliphatic heterocycles. The van der Waals surface area contributed by atoms with Crippen LogP contribution < -0.4 is 4.74 Å². The van der Waals surface area contributed by atoms with Crippen LogP contribution in [0, 0.1) is 0 Å². The topological polar surface area (TPSA) is 59.4 Å². The van der Waals surface area contributed by atoms with Crippen molar-refractivity contribution in [2.75, 3.05) is 6.61 Å². The Hall–Kier alpha value is -2.66. The zero-order valence-electron chi connectivity index (χ0n) is 14.6. The van der Waals surface area contributed by atoms with Gasteiger partial charge in [-0.3, -0.25) is 4.79 Å². The van der Waals surface area contributed by atoms with Crippen molar-refractivity contribution in [2.45, 2.75) is 26.2 Å². The second kappa shape index (κ2) is 8.63. The van der Waals surface area contributed by atoms with Gasteiger partial charge in [0.1, 0.15) is 10.8 Å². The Labute approximate surface area is 156 Å². The number of rotatable bonds is 8. The van der Waals surface area contributed by atoms with Gasteiger partial charge in [-0.2, -0.15) is 0 Å². The molecule has 26 heavy (non-hydrogen) atoms. The molecule has 0 fully saturated rings. The van der Waals surface area contributed by atoms with Crippen LogP contribution in [0.2, 0.25) is 0 Å². The molecular formula is C21H21NO3S. The summed E-state index contributed by atoms with van der Waals surface area (Å²) in [5.74, 6) is 0.0757. The lowest BCUT2D eigenvalue weighted by atomic mass is 10.1. The number of thiazole rings is 1. The molecule has 134 valence electrons. The summed E-state index contributed by atoms with van der Waals surface area (Å²) in [6.07, 6.45) is 3.52. The van der Waals surface area contributed by atoms with Gasteiger partial charge < -0.3 is 9.84 Å². The number of carboxylic acids is 1. The molecule has 0 aliphatic carbocycles. The van der Waals surface area contributed by atoms with E-state index in [0.717, 1.165) is 32.1 Å². The van der Waals surface area contributed by atoms with Gasteiger partial charge in [-0.1, -0.05) is 24.3 Å². The van der Waals surface area contributed by atoms with Crippen molar-refractivity contribution in [1.82, 2.24) is 4.98 Å². The van der Waals surface area contributed by atoms with Gasteiger partial charge in [-0.25, -0.2) is 4.98 Å². The van der Waals surface area contributed by atoms with Crippen LogP contribution in [0.15, 0.2) is 48.5 Å². The van der Waals surface area contributed by atoms with E-state index in [4.69, 9.17) is 14.8 Å². The van der Waals surface area contributed by atoms with Gasteiger partial charge in [-0.05, 0) is 61.2 Å². The Morgan fingerprint density at radius 2 is 1.92 bits per heavy atom. The number of ether oxygens (including phenoxy) is 1. The van der Waals surface area contributed by atoms with E-state index in [2.05, 4.69) is 12.1 Å². The number of carbonyl (C=O) groups is 1. The molecule has 0 bridgehead atoms. The van der Waals surface area contributed by atoms with E-state index in [1.807, 2.05) is 49.4 Å². The van der Waals surface area contributed by atoms with Gasteiger partial charge in [0, 0.05) is 6.42 Å². The molecule has 0 radical (unpaired) electrons. The minimum Gasteiger partial charge on any atom is -0.494 e. The molecule has 0 unspecified atom stereocenters. The summed E-state index contributed by atoms with van der Waals surface area (Å²) in [6.45, 7) is 2.60. The fourth-order valence-electron chi connectivity index (χ4n) is 2.71. The van der Waals surface area contributed by atoms with Gasteiger partial charge in [0.15, 0.2) is 0 Å². The maximum atomic E-state index is 10.9. The number of nitrogens with zero attached hydrogens (tertiary/aromatic N) is 1. The number of hydrogen-bond donors (Lipinski definition) is 1. The van der Waals surface area contributed by atoms with Crippen LogP contribution in [0.1, 0.15) is 36.8 Å². The first kappa shape index (κ1) is 18.1. The third-order valence-corrected chi connectivity index (χ3v) is 5.05. The van der Waals surface area contributed by atoms with Crippen molar-refractivity contribution in [3.63, 3.8) is 0 Å². The van der Waals surface area contributed by atoms with Gasteiger partial charge in [0.25, 0.3) is 0 Å². The van der Waals surface area contributed by atoms with Crippen molar-refractivity contribution >= 4 is 39.2 Å². The van der Waals surface area contributed by atoms with Gasteiger partial charge in [-0.15, -0.1) is 11.3 Å². The molecule has 1 N–H and O–H groups in total.